The summed E-state index contributed by atoms with van der Waals surface area (Å²) >= 11 is 0. The average Bonchev–Trinajstić information content (AvgIpc) is 2.20. The molecule has 0 saturated heterocycles. The Kier molecular flexibility index (Phi) is 3.95. The number of rotatable bonds is 4. The maximum Gasteiger partial charge on any atom is 0.126 e. The maximum absolute atomic E-state index is 13.6. The molecule has 17 heavy (non-hydrogen) atoms. The third-order valence-electron chi connectivity index (χ3n) is 3.84. The van der Waals surface area contributed by atoms with Crippen LogP contribution in [0.4, 0.5) is 4.39 Å². The second kappa shape index (κ2) is 4.75. The van der Waals surface area contributed by atoms with Crippen LogP contribution in [0.15, 0.2) is 18.2 Å². The van der Waals surface area contributed by atoms with Gasteiger partial charge in [-0.25, -0.2) is 4.39 Å². The summed E-state index contributed by atoms with van der Waals surface area (Å²) in [4.78, 5) is 0. The first kappa shape index (κ1) is 14.1. The molecule has 0 spiro atoms. The molecule has 3 N–H and O–H groups in total. The standard InChI is InChI=1S/C14H22FNO/c1-10-5-6-11(9-12(10)15)14(4,7-8-17)13(2,3)16/h5-6,9,17H,7-8,16H2,1-4H3. The van der Waals surface area contributed by atoms with Gasteiger partial charge in [-0.05, 0) is 44.4 Å². The van der Waals surface area contributed by atoms with Gasteiger partial charge in [-0.15, -0.1) is 0 Å². The number of aliphatic hydroxyl groups excluding tert-OH is 1. The fourth-order valence-electron chi connectivity index (χ4n) is 2.00. The molecule has 1 rings (SSSR count). The predicted molar refractivity (Wildman–Crippen MR) is 68.5 cm³/mol. The van der Waals surface area contributed by atoms with Crippen molar-refractivity contribution < 1.29 is 9.50 Å². The minimum Gasteiger partial charge on any atom is -0.396 e. The van der Waals surface area contributed by atoms with E-state index < -0.39 is 11.0 Å². The van der Waals surface area contributed by atoms with E-state index in [1.807, 2.05) is 26.8 Å². The zero-order valence-electron chi connectivity index (χ0n) is 11.0. The van der Waals surface area contributed by atoms with Crippen LogP contribution in [0, 0.1) is 12.7 Å². The highest BCUT2D eigenvalue weighted by Gasteiger charge is 2.39. The van der Waals surface area contributed by atoms with Crippen molar-refractivity contribution in [2.45, 2.75) is 45.1 Å². The molecule has 0 bridgehead atoms. The van der Waals surface area contributed by atoms with Crippen LogP contribution in [0.25, 0.3) is 0 Å². The van der Waals surface area contributed by atoms with Crippen molar-refractivity contribution in [3.63, 3.8) is 0 Å². The van der Waals surface area contributed by atoms with E-state index in [0.717, 1.165) is 5.56 Å². The van der Waals surface area contributed by atoms with Crippen molar-refractivity contribution in [3.05, 3.63) is 35.1 Å². The first-order valence-corrected chi connectivity index (χ1v) is 5.89. The lowest BCUT2D eigenvalue weighted by Gasteiger charge is -2.42. The second-order valence-electron chi connectivity index (χ2n) is 5.49. The molecule has 0 saturated carbocycles. The first-order valence-electron chi connectivity index (χ1n) is 5.89. The van der Waals surface area contributed by atoms with Crippen LogP contribution in [0.5, 0.6) is 0 Å². The molecular weight excluding hydrogens is 217 g/mol. The van der Waals surface area contributed by atoms with Gasteiger partial charge in [0.2, 0.25) is 0 Å². The largest absolute Gasteiger partial charge is 0.396 e. The fourth-order valence-corrected chi connectivity index (χ4v) is 2.00. The topological polar surface area (TPSA) is 46.2 Å². The van der Waals surface area contributed by atoms with E-state index in [4.69, 9.17) is 5.73 Å². The van der Waals surface area contributed by atoms with Gasteiger partial charge < -0.3 is 10.8 Å². The highest BCUT2D eigenvalue weighted by Crippen LogP contribution is 2.37. The molecule has 3 heteroatoms. The molecule has 0 heterocycles. The van der Waals surface area contributed by atoms with Gasteiger partial charge >= 0.3 is 0 Å². The highest BCUT2D eigenvalue weighted by molar-refractivity contribution is 5.32. The summed E-state index contributed by atoms with van der Waals surface area (Å²) < 4.78 is 13.6. The maximum atomic E-state index is 13.6. The molecule has 0 amide bonds. The summed E-state index contributed by atoms with van der Waals surface area (Å²) in [7, 11) is 0. The molecule has 1 atom stereocenters. The SMILES string of the molecule is Cc1ccc(C(C)(CCO)C(C)(C)N)cc1F. The number of aliphatic hydroxyl groups is 1. The van der Waals surface area contributed by atoms with Gasteiger partial charge in [0.15, 0.2) is 0 Å². The smallest absolute Gasteiger partial charge is 0.126 e. The van der Waals surface area contributed by atoms with E-state index in [2.05, 4.69) is 0 Å². The van der Waals surface area contributed by atoms with E-state index >= 15 is 0 Å². The van der Waals surface area contributed by atoms with Crippen LogP contribution in [0.1, 0.15) is 38.3 Å². The van der Waals surface area contributed by atoms with Crippen molar-refractivity contribution in [2.24, 2.45) is 5.73 Å². The highest BCUT2D eigenvalue weighted by atomic mass is 19.1. The Labute approximate surface area is 103 Å². The molecule has 1 aromatic carbocycles. The third kappa shape index (κ3) is 2.67. The molecule has 1 aromatic rings. The lowest BCUT2D eigenvalue weighted by molar-refractivity contribution is 0.190. The van der Waals surface area contributed by atoms with Crippen LogP contribution < -0.4 is 5.73 Å². The molecule has 0 aliphatic carbocycles. The van der Waals surface area contributed by atoms with Crippen LogP contribution in [-0.4, -0.2) is 17.3 Å². The van der Waals surface area contributed by atoms with Gasteiger partial charge in [0.25, 0.3) is 0 Å². The van der Waals surface area contributed by atoms with Crippen LogP contribution in [-0.2, 0) is 5.41 Å². The number of hydrogen-bond donors (Lipinski definition) is 2. The van der Waals surface area contributed by atoms with Crippen molar-refractivity contribution in [3.8, 4) is 0 Å². The van der Waals surface area contributed by atoms with Gasteiger partial charge in [-0.3, -0.25) is 0 Å². The number of aryl methyl sites for hydroxylation is 1. The minimum absolute atomic E-state index is 0.0344. The molecule has 0 fully saturated rings. The Balaban J connectivity index is 3.28. The van der Waals surface area contributed by atoms with Crippen LogP contribution in [0.2, 0.25) is 0 Å². The van der Waals surface area contributed by atoms with Crippen LogP contribution >= 0.6 is 0 Å². The zero-order valence-corrected chi connectivity index (χ0v) is 11.0. The van der Waals surface area contributed by atoms with Gasteiger partial charge in [-0.2, -0.15) is 0 Å². The Bertz CT molecular complexity index is 398. The summed E-state index contributed by atoms with van der Waals surface area (Å²) in [6, 6.07) is 5.17. The molecule has 2 nitrogen and oxygen atoms in total. The first-order chi connectivity index (χ1) is 7.72. The molecular formula is C14H22FNO. The molecule has 0 aromatic heterocycles. The van der Waals surface area contributed by atoms with Gasteiger partial charge in [0, 0.05) is 17.6 Å². The number of benzene rings is 1. The Morgan fingerprint density at radius 1 is 1.29 bits per heavy atom. The van der Waals surface area contributed by atoms with Crippen molar-refractivity contribution in [1.29, 1.82) is 0 Å². The monoisotopic (exact) mass is 239 g/mol. The lowest BCUT2D eigenvalue weighted by atomic mass is 9.66. The summed E-state index contributed by atoms with van der Waals surface area (Å²) in [5.74, 6) is -0.226. The summed E-state index contributed by atoms with van der Waals surface area (Å²) in [6.07, 6.45) is 0.513. The van der Waals surface area contributed by atoms with E-state index in [0.29, 0.717) is 12.0 Å². The number of nitrogens with two attached hydrogens (primary N) is 1. The van der Waals surface area contributed by atoms with E-state index in [-0.39, 0.29) is 12.4 Å². The normalized spacial score (nSPS) is 15.7. The predicted octanol–water partition coefficient (Wildman–Crippen LogP) is 2.51. The van der Waals surface area contributed by atoms with Crippen molar-refractivity contribution >= 4 is 0 Å². The summed E-state index contributed by atoms with van der Waals surface area (Å²) in [5, 5.41) is 9.20. The minimum atomic E-state index is -0.530. The second-order valence-corrected chi connectivity index (χ2v) is 5.49. The molecule has 0 aliphatic rings. The van der Waals surface area contributed by atoms with Crippen LogP contribution in [0.3, 0.4) is 0 Å². The molecule has 0 aliphatic heterocycles. The van der Waals surface area contributed by atoms with E-state index in [1.165, 1.54) is 6.07 Å². The quantitative estimate of drug-likeness (QED) is 0.848. The summed E-state index contributed by atoms with van der Waals surface area (Å²) in [5.41, 5.74) is 6.66. The van der Waals surface area contributed by atoms with E-state index in [9.17, 15) is 9.50 Å². The number of hydrogen-bond acceptors (Lipinski definition) is 2. The molecule has 0 radical (unpaired) electrons. The molecule has 96 valence electrons. The number of halogens is 1. The van der Waals surface area contributed by atoms with Gasteiger partial charge in [-0.1, -0.05) is 19.1 Å². The van der Waals surface area contributed by atoms with Gasteiger partial charge in [0.1, 0.15) is 5.82 Å². The average molecular weight is 239 g/mol. The Morgan fingerprint density at radius 3 is 2.29 bits per heavy atom. The lowest BCUT2D eigenvalue weighted by Crippen LogP contribution is -2.52. The summed E-state index contributed by atoms with van der Waals surface area (Å²) in [6.45, 7) is 7.54. The third-order valence-corrected chi connectivity index (χ3v) is 3.84. The fraction of sp³-hybridized carbons (Fsp3) is 0.571. The van der Waals surface area contributed by atoms with Crippen molar-refractivity contribution in [2.75, 3.05) is 6.61 Å². The Morgan fingerprint density at radius 2 is 1.88 bits per heavy atom. The molecule has 1 unspecified atom stereocenters. The van der Waals surface area contributed by atoms with Crippen molar-refractivity contribution in [1.82, 2.24) is 0 Å². The zero-order chi connectivity index (χ0) is 13.3. The Hall–Kier alpha value is -0.930. The van der Waals surface area contributed by atoms with Gasteiger partial charge in [0.05, 0.1) is 0 Å². The van der Waals surface area contributed by atoms with E-state index in [1.54, 1.807) is 13.0 Å².